The number of fused-ring (bicyclic) bond motifs is 1. The molecule has 1 heterocycles. The monoisotopic (exact) mass is 333 g/mol. The number of nitrogens with zero attached hydrogens (tertiary/aromatic N) is 3. The van der Waals surface area contributed by atoms with E-state index in [4.69, 9.17) is 0 Å². The van der Waals surface area contributed by atoms with Crippen LogP contribution in [0.4, 0.5) is 11.4 Å². The summed E-state index contributed by atoms with van der Waals surface area (Å²) < 4.78 is 0. The third-order valence-electron chi connectivity index (χ3n) is 4.11. The summed E-state index contributed by atoms with van der Waals surface area (Å²) in [5, 5.41) is 10.9. The van der Waals surface area contributed by atoms with Crippen molar-refractivity contribution in [1.82, 2.24) is 4.90 Å². The van der Waals surface area contributed by atoms with E-state index >= 15 is 0 Å². The lowest BCUT2D eigenvalue weighted by atomic mass is 10.0. The van der Waals surface area contributed by atoms with Crippen LogP contribution < -0.4 is 4.90 Å². The number of carbonyl (C=O) groups is 2. The van der Waals surface area contributed by atoms with E-state index in [0.29, 0.717) is 25.2 Å². The average molecular weight is 333 g/mol. The Labute approximate surface area is 141 Å². The van der Waals surface area contributed by atoms with Gasteiger partial charge in [0.15, 0.2) is 0 Å². The molecule has 0 fully saturated rings. The Hall–Kier alpha value is -2.44. The predicted molar refractivity (Wildman–Crippen MR) is 90.9 cm³/mol. The number of aryl methyl sites for hydroxylation is 1. The van der Waals surface area contributed by atoms with Crippen molar-refractivity contribution < 1.29 is 14.5 Å². The lowest BCUT2D eigenvalue weighted by Crippen LogP contribution is -2.45. The standard InChI is InChI=1S/C17H23N3O4/c1-3-9-18(10-4-2)17(22)12-19-15-7-6-14(20(23)24)11-13(15)5-8-16(19)21/h6-7,11H,3-5,8-10,12H2,1-2H3. The van der Waals surface area contributed by atoms with Gasteiger partial charge in [0.2, 0.25) is 11.8 Å². The maximum absolute atomic E-state index is 12.5. The highest BCUT2D eigenvalue weighted by atomic mass is 16.6. The molecule has 0 radical (unpaired) electrons. The van der Waals surface area contributed by atoms with E-state index in [9.17, 15) is 19.7 Å². The first-order chi connectivity index (χ1) is 11.5. The van der Waals surface area contributed by atoms with Gasteiger partial charge in [0, 0.05) is 37.3 Å². The third-order valence-corrected chi connectivity index (χ3v) is 4.11. The first-order valence-electron chi connectivity index (χ1n) is 8.33. The van der Waals surface area contributed by atoms with Crippen LogP contribution in [0.1, 0.15) is 38.7 Å². The average Bonchev–Trinajstić information content (AvgIpc) is 2.56. The number of nitro benzene ring substituents is 1. The minimum atomic E-state index is -0.448. The molecule has 7 nitrogen and oxygen atoms in total. The molecule has 0 bridgehead atoms. The van der Waals surface area contributed by atoms with Gasteiger partial charge < -0.3 is 9.80 Å². The van der Waals surface area contributed by atoms with Crippen LogP contribution in [0.5, 0.6) is 0 Å². The molecule has 1 aromatic carbocycles. The molecule has 0 N–H and O–H groups in total. The first kappa shape index (κ1) is 17.9. The Morgan fingerprint density at radius 1 is 1.25 bits per heavy atom. The maximum Gasteiger partial charge on any atom is 0.269 e. The van der Waals surface area contributed by atoms with Crippen LogP contribution in [0.15, 0.2) is 18.2 Å². The lowest BCUT2D eigenvalue weighted by molar-refractivity contribution is -0.384. The molecule has 0 aromatic heterocycles. The minimum absolute atomic E-state index is 0.00738. The molecule has 2 amide bonds. The Balaban J connectivity index is 2.23. The smallest absolute Gasteiger partial charge is 0.269 e. The zero-order chi connectivity index (χ0) is 17.7. The molecular formula is C17H23N3O4. The van der Waals surface area contributed by atoms with E-state index in [0.717, 1.165) is 18.4 Å². The molecule has 7 heteroatoms. The second-order valence-electron chi connectivity index (χ2n) is 5.93. The molecule has 0 atom stereocenters. The number of amides is 2. The van der Waals surface area contributed by atoms with Gasteiger partial charge in [-0.05, 0) is 30.9 Å². The van der Waals surface area contributed by atoms with Gasteiger partial charge in [-0.25, -0.2) is 0 Å². The van der Waals surface area contributed by atoms with E-state index in [2.05, 4.69) is 0 Å². The number of hydrogen-bond acceptors (Lipinski definition) is 4. The van der Waals surface area contributed by atoms with Crippen molar-refractivity contribution in [3.8, 4) is 0 Å². The topological polar surface area (TPSA) is 83.8 Å². The summed E-state index contributed by atoms with van der Waals surface area (Å²) in [6, 6.07) is 4.45. The van der Waals surface area contributed by atoms with Crippen LogP contribution in [0.2, 0.25) is 0 Å². The van der Waals surface area contributed by atoms with Crippen molar-refractivity contribution in [2.24, 2.45) is 0 Å². The van der Waals surface area contributed by atoms with Crippen LogP contribution >= 0.6 is 0 Å². The molecule has 24 heavy (non-hydrogen) atoms. The van der Waals surface area contributed by atoms with E-state index in [1.807, 2.05) is 13.8 Å². The highest BCUT2D eigenvalue weighted by Gasteiger charge is 2.28. The van der Waals surface area contributed by atoms with Crippen molar-refractivity contribution in [2.45, 2.75) is 39.5 Å². The molecule has 1 aliphatic rings. The second kappa shape index (κ2) is 7.90. The predicted octanol–water partition coefficient (Wildman–Crippen LogP) is 2.52. The van der Waals surface area contributed by atoms with Crippen molar-refractivity contribution >= 4 is 23.2 Å². The Morgan fingerprint density at radius 2 is 1.92 bits per heavy atom. The molecule has 1 aromatic rings. The summed E-state index contributed by atoms with van der Waals surface area (Å²) in [4.78, 5) is 38.5. The molecule has 2 rings (SSSR count). The fraction of sp³-hybridized carbons (Fsp3) is 0.529. The van der Waals surface area contributed by atoms with E-state index in [-0.39, 0.29) is 30.5 Å². The summed E-state index contributed by atoms with van der Waals surface area (Å²) in [5.41, 5.74) is 1.36. The summed E-state index contributed by atoms with van der Waals surface area (Å²) in [6.07, 6.45) is 2.46. The van der Waals surface area contributed by atoms with E-state index in [1.54, 1.807) is 11.0 Å². The van der Waals surface area contributed by atoms with E-state index < -0.39 is 4.92 Å². The number of rotatable bonds is 7. The fourth-order valence-electron chi connectivity index (χ4n) is 2.97. The maximum atomic E-state index is 12.5. The van der Waals surface area contributed by atoms with Gasteiger partial charge in [0.05, 0.1) is 4.92 Å². The number of benzene rings is 1. The van der Waals surface area contributed by atoms with Crippen LogP contribution in [-0.4, -0.2) is 41.3 Å². The van der Waals surface area contributed by atoms with Crippen molar-refractivity contribution in [2.75, 3.05) is 24.5 Å². The number of anilines is 1. The highest BCUT2D eigenvalue weighted by molar-refractivity contribution is 6.01. The molecule has 130 valence electrons. The van der Waals surface area contributed by atoms with Crippen molar-refractivity contribution in [3.63, 3.8) is 0 Å². The summed E-state index contributed by atoms with van der Waals surface area (Å²) >= 11 is 0. The van der Waals surface area contributed by atoms with Gasteiger partial charge in [0.1, 0.15) is 6.54 Å². The van der Waals surface area contributed by atoms with Crippen molar-refractivity contribution in [3.05, 3.63) is 33.9 Å². The fourth-order valence-corrected chi connectivity index (χ4v) is 2.97. The lowest BCUT2D eigenvalue weighted by Gasteiger charge is -2.31. The number of carbonyl (C=O) groups excluding carboxylic acids is 2. The normalized spacial score (nSPS) is 13.6. The zero-order valence-electron chi connectivity index (χ0n) is 14.2. The van der Waals surface area contributed by atoms with Gasteiger partial charge in [-0.15, -0.1) is 0 Å². The minimum Gasteiger partial charge on any atom is -0.341 e. The largest absolute Gasteiger partial charge is 0.341 e. The summed E-state index contributed by atoms with van der Waals surface area (Å²) in [6.45, 7) is 5.35. The molecule has 0 saturated heterocycles. The molecule has 0 spiro atoms. The molecule has 1 aliphatic heterocycles. The van der Waals surface area contributed by atoms with Gasteiger partial charge in [-0.2, -0.15) is 0 Å². The summed E-state index contributed by atoms with van der Waals surface area (Å²) in [5.74, 6) is -0.198. The third kappa shape index (κ3) is 3.90. The quantitative estimate of drug-likeness (QED) is 0.567. The van der Waals surface area contributed by atoms with Crippen LogP contribution in [0.3, 0.4) is 0 Å². The second-order valence-corrected chi connectivity index (χ2v) is 5.93. The highest BCUT2D eigenvalue weighted by Crippen LogP contribution is 2.31. The van der Waals surface area contributed by atoms with Gasteiger partial charge >= 0.3 is 0 Å². The number of hydrogen-bond donors (Lipinski definition) is 0. The Kier molecular flexibility index (Phi) is 5.89. The SMILES string of the molecule is CCCN(CCC)C(=O)CN1C(=O)CCc2cc([N+](=O)[O-])ccc21. The van der Waals surface area contributed by atoms with Crippen LogP contribution in [0.25, 0.3) is 0 Å². The molecule has 0 aliphatic carbocycles. The van der Waals surface area contributed by atoms with Crippen molar-refractivity contribution in [1.29, 1.82) is 0 Å². The molecular weight excluding hydrogens is 310 g/mol. The van der Waals surface area contributed by atoms with Gasteiger partial charge in [-0.3, -0.25) is 19.7 Å². The molecule has 0 unspecified atom stereocenters. The number of nitro groups is 1. The van der Waals surface area contributed by atoms with Crippen LogP contribution in [0, 0.1) is 10.1 Å². The zero-order valence-corrected chi connectivity index (χ0v) is 14.2. The Bertz CT molecular complexity index is 639. The van der Waals surface area contributed by atoms with Gasteiger partial charge in [-0.1, -0.05) is 13.8 Å². The van der Waals surface area contributed by atoms with Crippen LogP contribution in [-0.2, 0) is 16.0 Å². The van der Waals surface area contributed by atoms with Gasteiger partial charge in [0.25, 0.3) is 5.69 Å². The first-order valence-corrected chi connectivity index (χ1v) is 8.33. The summed E-state index contributed by atoms with van der Waals surface area (Å²) in [7, 11) is 0. The molecule has 0 saturated carbocycles. The van der Waals surface area contributed by atoms with E-state index in [1.165, 1.54) is 17.0 Å². The number of non-ortho nitro benzene ring substituents is 1. The Morgan fingerprint density at radius 3 is 2.50 bits per heavy atom.